The first-order chi connectivity index (χ1) is 8.19. The number of aromatic nitrogens is 1. The third kappa shape index (κ3) is 1.93. The molecule has 0 fully saturated rings. The number of carbonyl (C=O) groups is 1. The summed E-state index contributed by atoms with van der Waals surface area (Å²) in [6.45, 7) is 5.06. The van der Waals surface area contributed by atoms with E-state index in [-0.39, 0.29) is 0 Å². The minimum Gasteiger partial charge on any atom is -0.478 e. The summed E-state index contributed by atoms with van der Waals surface area (Å²) < 4.78 is 2.07. The second-order valence-corrected chi connectivity index (χ2v) is 4.21. The van der Waals surface area contributed by atoms with Crippen molar-refractivity contribution in [2.24, 2.45) is 0 Å². The maximum Gasteiger partial charge on any atom is 0.337 e. The van der Waals surface area contributed by atoms with Crippen LogP contribution in [-0.4, -0.2) is 15.6 Å². The van der Waals surface area contributed by atoms with Crippen LogP contribution < -0.4 is 0 Å². The van der Waals surface area contributed by atoms with Crippen LogP contribution in [0.3, 0.4) is 0 Å². The molecule has 1 aromatic heterocycles. The molecule has 0 saturated heterocycles. The molecular weight excluding hydrogens is 214 g/mol. The van der Waals surface area contributed by atoms with Crippen LogP contribution in [-0.2, 0) is 13.0 Å². The molecule has 0 saturated carbocycles. The van der Waals surface area contributed by atoms with Gasteiger partial charge in [0.05, 0.1) is 11.1 Å². The number of carboxylic acids is 1. The van der Waals surface area contributed by atoms with Crippen molar-refractivity contribution in [1.82, 2.24) is 4.57 Å². The molecule has 17 heavy (non-hydrogen) atoms. The topological polar surface area (TPSA) is 42.2 Å². The molecular formula is C14H17NO2. The predicted molar refractivity (Wildman–Crippen MR) is 68.6 cm³/mol. The minimum atomic E-state index is -0.853. The van der Waals surface area contributed by atoms with Gasteiger partial charge in [-0.2, -0.15) is 0 Å². The molecule has 0 atom stereocenters. The van der Waals surface area contributed by atoms with Gasteiger partial charge in [-0.15, -0.1) is 0 Å². The van der Waals surface area contributed by atoms with Gasteiger partial charge in [-0.25, -0.2) is 4.79 Å². The molecule has 0 aliphatic rings. The van der Waals surface area contributed by atoms with Crippen LogP contribution in [0.5, 0.6) is 0 Å². The lowest BCUT2D eigenvalue weighted by molar-refractivity contribution is 0.0698. The summed E-state index contributed by atoms with van der Waals surface area (Å²) in [5.74, 6) is -0.853. The number of aryl methyl sites for hydroxylation is 2. The fourth-order valence-corrected chi connectivity index (χ4v) is 2.31. The summed E-state index contributed by atoms with van der Waals surface area (Å²) in [6.07, 6.45) is 4.01. The highest BCUT2D eigenvalue weighted by Crippen LogP contribution is 2.25. The molecule has 1 aromatic carbocycles. The van der Waals surface area contributed by atoms with Crippen molar-refractivity contribution >= 4 is 16.9 Å². The van der Waals surface area contributed by atoms with Crippen molar-refractivity contribution in [2.45, 2.75) is 33.2 Å². The first kappa shape index (κ1) is 11.7. The number of hydrogen-bond donors (Lipinski definition) is 1. The number of carboxylic acid groups (broad SMARTS) is 1. The van der Waals surface area contributed by atoms with Gasteiger partial charge in [0.15, 0.2) is 0 Å². The maximum atomic E-state index is 11.3. The molecule has 2 rings (SSSR count). The van der Waals surface area contributed by atoms with Crippen molar-refractivity contribution in [3.8, 4) is 0 Å². The van der Waals surface area contributed by atoms with Gasteiger partial charge in [0.1, 0.15) is 0 Å². The Labute approximate surface area is 101 Å². The molecule has 0 amide bonds. The molecule has 0 bridgehead atoms. The molecule has 0 radical (unpaired) electrons. The summed E-state index contributed by atoms with van der Waals surface area (Å²) in [5, 5.41) is 10.3. The monoisotopic (exact) mass is 231 g/mol. The van der Waals surface area contributed by atoms with E-state index in [0.29, 0.717) is 5.56 Å². The third-order valence-corrected chi connectivity index (χ3v) is 3.06. The van der Waals surface area contributed by atoms with Crippen LogP contribution in [0.15, 0.2) is 24.4 Å². The fraction of sp³-hybridized carbons (Fsp3) is 0.357. The third-order valence-electron chi connectivity index (χ3n) is 3.06. The molecule has 2 aromatic rings. The van der Waals surface area contributed by atoms with Gasteiger partial charge in [0.2, 0.25) is 0 Å². The van der Waals surface area contributed by atoms with E-state index in [1.807, 2.05) is 12.1 Å². The van der Waals surface area contributed by atoms with Crippen molar-refractivity contribution in [3.63, 3.8) is 0 Å². The zero-order valence-electron chi connectivity index (χ0n) is 10.2. The lowest BCUT2D eigenvalue weighted by Gasteiger charge is -2.05. The van der Waals surface area contributed by atoms with Crippen molar-refractivity contribution in [2.75, 3.05) is 0 Å². The maximum absolute atomic E-state index is 11.3. The quantitative estimate of drug-likeness (QED) is 0.877. The molecule has 0 aliphatic carbocycles. The molecule has 3 nitrogen and oxygen atoms in total. The fourth-order valence-electron chi connectivity index (χ4n) is 2.31. The average molecular weight is 231 g/mol. The van der Waals surface area contributed by atoms with Crippen LogP contribution in [0.25, 0.3) is 10.9 Å². The summed E-state index contributed by atoms with van der Waals surface area (Å²) in [6, 6.07) is 5.50. The number of nitrogens with zero attached hydrogens (tertiary/aromatic N) is 1. The number of hydrogen-bond acceptors (Lipinski definition) is 1. The Morgan fingerprint density at radius 2 is 2.12 bits per heavy atom. The number of fused-ring (bicyclic) bond motifs is 1. The molecule has 90 valence electrons. The predicted octanol–water partition coefficient (Wildman–Crippen LogP) is 3.31. The van der Waals surface area contributed by atoms with Crippen LogP contribution in [0, 0.1) is 0 Å². The van der Waals surface area contributed by atoms with E-state index in [9.17, 15) is 9.90 Å². The van der Waals surface area contributed by atoms with Gasteiger partial charge < -0.3 is 9.67 Å². The molecule has 1 heterocycles. The SMILES string of the molecule is CCCn1cc(CC)c2cccc(C(=O)O)c21. The summed E-state index contributed by atoms with van der Waals surface area (Å²) in [4.78, 5) is 11.3. The second-order valence-electron chi connectivity index (χ2n) is 4.21. The van der Waals surface area contributed by atoms with Crippen LogP contribution in [0.4, 0.5) is 0 Å². The van der Waals surface area contributed by atoms with Gasteiger partial charge >= 0.3 is 5.97 Å². The molecule has 1 N–H and O–H groups in total. The van der Waals surface area contributed by atoms with E-state index >= 15 is 0 Å². The average Bonchev–Trinajstić information content (AvgIpc) is 2.68. The van der Waals surface area contributed by atoms with Crippen molar-refractivity contribution in [3.05, 3.63) is 35.5 Å². The minimum absolute atomic E-state index is 0.399. The van der Waals surface area contributed by atoms with E-state index < -0.39 is 5.97 Å². The highest BCUT2D eigenvalue weighted by Gasteiger charge is 2.14. The number of aromatic carboxylic acids is 1. The number of para-hydroxylation sites is 1. The Morgan fingerprint density at radius 1 is 1.35 bits per heavy atom. The highest BCUT2D eigenvalue weighted by atomic mass is 16.4. The van der Waals surface area contributed by atoms with E-state index in [2.05, 4.69) is 24.6 Å². The van der Waals surface area contributed by atoms with Crippen molar-refractivity contribution in [1.29, 1.82) is 0 Å². The molecule has 3 heteroatoms. The zero-order chi connectivity index (χ0) is 12.4. The Kier molecular flexibility index (Phi) is 3.18. The molecule has 0 aliphatic heterocycles. The second kappa shape index (κ2) is 4.62. The number of benzene rings is 1. The van der Waals surface area contributed by atoms with Crippen molar-refractivity contribution < 1.29 is 9.90 Å². The van der Waals surface area contributed by atoms with Gasteiger partial charge in [0, 0.05) is 18.1 Å². The lowest BCUT2D eigenvalue weighted by Crippen LogP contribution is -2.02. The highest BCUT2D eigenvalue weighted by molar-refractivity contribution is 6.03. The first-order valence-corrected chi connectivity index (χ1v) is 6.03. The Bertz CT molecular complexity index is 555. The lowest BCUT2D eigenvalue weighted by atomic mass is 10.1. The van der Waals surface area contributed by atoms with E-state index in [0.717, 1.165) is 30.3 Å². The van der Waals surface area contributed by atoms with Gasteiger partial charge in [-0.05, 0) is 24.5 Å². The van der Waals surface area contributed by atoms with E-state index in [1.54, 1.807) is 6.07 Å². The van der Waals surface area contributed by atoms with Gasteiger partial charge in [-0.3, -0.25) is 0 Å². The first-order valence-electron chi connectivity index (χ1n) is 6.03. The van der Waals surface area contributed by atoms with E-state index in [1.165, 1.54) is 5.56 Å². The summed E-state index contributed by atoms with van der Waals surface area (Å²) in [5.41, 5.74) is 2.48. The zero-order valence-corrected chi connectivity index (χ0v) is 10.2. The smallest absolute Gasteiger partial charge is 0.337 e. The molecule has 0 unspecified atom stereocenters. The van der Waals surface area contributed by atoms with Gasteiger partial charge in [0.25, 0.3) is 0 Å². The standard InChI is InChI=1S/C14H17NO2/c1-3-8-15-9-10(4-2)11-6-5-7-12(13(11)15)14(16)17/h5-7,9H,3-4,8H2,1-2H3,(H,16,17). The van der Waals surface area contributed by atoms with Crippen LogP contribution >= 0.6 is 0 Å². The largest absolute Gasteiger partial charge is 0.478 e. The van der Waals surface area contributed by atoms with E-state index in [4.69, 9.17) is 0 Å². The Morgan fingerprint density at radius 3 is 2.71 bits per heavy atom. The molecule has 0 spiro atoms. The Hall–Kier alpha value is -1.77. The summed E-state index contributed by atoms with van der Waals surface area (Å²) >= 11 is 0. The normalized spacial score (nSPS) is 10.9. The Balaban J connectivity index is 2.76. The summed E-state index contributed by atoms with van der Waals surface area (Å²) in [7, 11) is 0. The number of rotatable bonds is 4. The van der Waals surface area contributed by atoms with Crippen LogP contribution in [0.2, 0.25) is 0 Å². The van der Waals surface area contributed by atoms with Crippen LogP contribution in [0.1, 0.15) is 36.2 Å². The van der Waals surface area contributed by atoms with Gasteiger partial charge in [-0.1, -0.05) is 26.0 Å².